The standard InChI is InChI=1S/C11H20N2O6S/c1-19-7-6-12(9-11(15)16)10(14)3-5-13-4-2-8-20(13,17)18/h2-9H2,1H3,(H,15,16). The van der Waals surface area contributed by atoms with Crippen LogP contribution in [0.2, 0.25) is 0 Å². The fourth-order valence-corrected chi connectivity index (χ4v) is 3.51. The molecule has 0 aromatic carbocycles. The van der Waals surface area contributed by atoms with Gasteiger partial charge in [-0.15, -0.1) is 0 Å². The van der Waals surface area contributed by atoms with E-state index in [0.29, 0.717) is 13.0 Å². The molecule has 1 N–H and O–H groups in total. The molecule has 20 heavy (non-hydrogen) atoms. The SMILES string of the molecule is COCCN(CC(=O)O)C(=O)CCN1CCCS1(=O)=O. The zero-order valence-corrected chi connectivity index (χ0v) is 12.3. The van der Waals surface area contributed by atoms with E-state index in [-0.39, 0.29) is 37.8 Å². The lowest BCUT2D eigenvalue weighted by Gasteiger charge is -2.21. The highest BCUT2D eigenvalue weighted by Crippen LogP contribution is 2.13. The Kier molecular flexibility index (Phi) is 6.37. The largest absolute Gasteiger partial charge is 0.480 e. The summed E-state index contributed by atoms with van der Waals surface area (Å²) in [6.07, 6.45) is 0.551. The third kappa shape index (κ3) is 5.06. The van der Waals surface area contributed by atoms with Gasteiger partial charge >= 0.3 is 5.97 Å². The Morgan fingerprint density at radius 1 is 1.40 bits per heavy atom. The molecule has 9 heteroatoms. The highest BCUT2D eigenvalue weighted by Gasteiger charge is 2.29. The number of hydrogen-bond donors (Lipinski definition) is 1. The molecular formula is C11H20N2O6S. The van der Waals surface area contributed by atoms with E-state index in [1.165, 1.54) is 11.4 Å². The van der Waals surface area contributed by atoms with Crippen molar-refractivity contribution in [3.05, 3.63) is 0 Å². The zero-order valence-electron chi connectivity index (χ0n) is 11.4. The molecule has 1 aliphatic heterocycles. The number of carboxylic acids is 1. The van der Waals surface area contributed by atoms with Gasteiger partial charge in [-0.25, -0.2) is 12.7 Å². The predicted molar refractivity (Wildman–Crippen MR) is 70.7 cm³/mol. The van der Waals surface area contributed by atoms with E-state index in [1.807, 2.05) is 0 Å². The molecule has 0 spiro atoms. The molecular weight excluding hydrogens is 288 g/mol. The van der Waals surface area contributed by atoms with Crippen molar-refractivity contribution >= 4 is 21.9 Å². The van der Waals surface area contributed by atoms with Gasteiger partial charge in [0.2, 0.25) is 15.9 Å². The molecule has 0 aromatic rings. The molecule has 1 heterocycles. The highest BCUT2D eigenvalue weighted by atomic mass is 32.2. The molecule has 0 radical (unpaired) electrons. The third-order valence-electron chi connectivity index (χ3n) is 3.02. The average Bonchev–Trinajstić information content (AvgIpc) is 2.70. The third-order valence-corrected chi connectivity index (χ3v) is 4.98. The molecule has 116 valence electrons. The van der Waals surface area contributed by atoms with Gasteiger partial charge in [0, 0.05) is 33.2 Å². The molecule has 0 unspecified atom stereocenters. The summed E-state index contributed by atoms with van der Waals surface area (Å²) < 4.78 is 29.3. The van der Waals surface area contributed by atoms with Gasteiger partial charge < -0.3 is 14.7 Å². The average molecular weight is 308 g/mol. The number of amides is 1. The van der Waals surface area contributed by atoms with Crippen molar-refractivity contribution in [2.75, 3.05) is 45.6 Å². The molecule has 0 atom stereocenters. The van der Waals surface area contributed by atoms with Gasteiger partial charge in [-0.2, -0.15) is 0 Å². The molecule has 8 nitrogen and oxygen atoms in total. The minimum atomic E-state index is -3.23. The van der Waals surface area contributed by atoms with Crippen LogP contribution in [0.25, 0.3) is 0 Å². The minimum absolute atomic E-state index is 0.0176. The Morgan fingerprint density at radius 3 is 2.60 bits per heavy atom. The van der Waals surface area contributed by atoms with Crippen molar-refractivity contribution in [3.63, 3.8) is 0 Å². The van der Waals surface area contributed by atoms with Crippen LogP contribution < -0.4 is 0 Å². The fourth-order valence-electron chi connectivity index (χ4n) is 1.98. The zero-order chi connectivity index (χ0) is 15.2. The second-order valence-electron chi connectivity index (χ2n) is 4.52. The van der Waals surface area contributed by atoms with E-state index in [0.717, 1.165) is 4.90 Å². The Hall–Kier alpha value is -1.19. The van der Waals surface area contributed by atoms with Crippen molar-refractivity contribution < 1.29 is 27.9 Å². The lowest BCUT2D eigenvalue weighted by Crippen LogP contribution is -2.40. The number of carbonyl (C=O) groups is 2. The van der Waals surface area contributed by atoms with Gasteiger partial charge in [0.25, 0.3) is 0 Å². The molecule has 0 aliphatic carbocycles. The van der Waals surface area contributed by atoms with E-state index < -0.39 is 22.5 Å². The summed E-state index contributed by atoms with van der Waals surface area (Å²) in [5.74, 6) is -1.38. The number of carbonyl (C=O) groups excluding carboxylic acids is 1. The Morgan fingerprint density at radius 2 is 2.10 bits per heavy atom. The number of hydrogen-bond acceptors (Lipinski definition) is 5. The normalized spacial score (nSPS) is 18.1. The fraction of sp³-hybridized carbons (Fsp3) is 0.818. The number of rotatable bonds is 8. The molecule has 1 amide bonds. The second-order valence-corrected chi connectivity index (χ2v) is 6.61. The number of nitrogens with zero attached hydrogens (tertiary/aromatic N) is 2. The van der Waals surface area contributed by atoms with E-state index in [9.17, 15) is 18.0 Å². The first-order valence-corrected chi connectivity index (χ1v) is 7.94. The number of aliphatic carboxylic acids is 1. The van der Waals surface area contributed by atoms with Gasteiger partial charge in [-0.3, -0.25) is 9.59 Å². The topological polar surface area (TPSA) is 104 Å². The second kappa shape index (κ2) is 7.55. The van der Waals surface area contributed by atoms with E-state index in [1.54, 1.807) is 0 Å². The van der Waals surface area contributed by atoms with Crippen molar-refractivity contribution in [2.24, 2.45) is 0 Å². The molecule has 0 bridgehead atoms. The number of sulfonamides is 1. The monoisotopic (exact) mass is 308 g/mol. The Bertz CT molecular complexity index is 450. The van der Waals surface area contributed by atoms with Crippen LogP contribution in [0.1, 0.15) is 12.8 Å². The van der Waals surface area contributed by atoms with Crippen LogP contribution in [0.3, 0.4) is 0 Å². The predicted octanol–water partition coefficient (Wildman–Crippen LogP) is -1.03. The van der Waals surface area contributed by atoms with Crippen LogP contribution in [0, 0.1) is 0 Å². The molecule has 1 fully saturated rings. The summed E-state index contributed by atoms with van der Waals surface area (Å²) in [6, 6.07) is 0. The molecule has 0 aromatic heterocycles. The molecule has 1 aliphatic rings. The van der Waals surface area contributed by atoms with Gasteiger partial charge in [-0.05, 0) is 6.42 Å². The van der Waals surface area contributed by atoms with E-state index in [2.05, 4.69) is 0 Å². The van der Waals surface area contributed by atoms with Crippen LogP contribution >= 0.6 is 0 Å². The van der Waals surface area contributed by atoms with Gasteiger partial charge in [0.05, 0.1) is 12.4 Å². The summed E-state index contributed by atoms with van der Waals surface area (Å²) >= 11 is 0. The van der Waals surface area contributed by atoms with Crippen LogP contribution in [0.15, 0.2) is 0 Å². The summed E-state index contributed by atoms with van der Waals surface area (Å²) in [6.45, 7) is 0.529. The van der Waals surface area contributed by atoms with Crippen LogP contribution in [0.5, 0.6) is 0 Å². The lowest BCUT2D eigenvalue weighted by molar-refractivity contribution is -0.144. The smallest absolute Gasteiger partial charge is 0.323 e. The Balaban J connectivity index is 2.50. The number of methoxy groups -OCH3 is 1. The maximum atomic E-state index is 11.9. The Labute approximate surface area is 118 Å². The van der Waals surface area contributed by atoms with Gasteiger partial charge in [0.1, 0.15) is 6.54 Å². The first-order chi connectivity index (χ1) is 9.36. The first-order valence-electron chi connectivity index (χ1n) is 6.33. The van der Waals surface area contributed by atoms with Gasteiger partial charge in [0.15, 0.2) is 0 Å². The van der Waals surface area contributed by atoms with Gasteiger partial charge in [-0.1, -0.05) is 0 Å². The maximum Gasteiger partial charge on any atom is 0.323 e. The summed E-state index contributed by atoms with van der Waals surface area (Å²) in [4.78, 5) is 23.8. The molecule has 0 saturated carbocycles. The van der Waals surface area contributed by atoms with Crippen molar-refractivity contribution in [1.29, 1.82) is 0 Å². The number of ether oxygens (including phenoxy) is 1. The van der Waals surface area contributed by atoms with E-state index >= 15 is 0 Å². The maximum absolute atomic E-state index is 11.9. The lowest BCUT2D eigenvalue weighted by atomic mass is 10.3. The summed E-state index contributed by atoms with van der Waals surface area (Å²) in [5.41, 5.74) is 0. The van der Waals surface area contributed by atoms with Crippen LogP contribution in [-0.4, -0.2) is 80.3 Å². The molecule has 1 saturated heterocycles. The van der Waals surface area contributed by atoms with Crippen LogP contribution in [0.4, 0.5) is 0 Å². The first kappa shape index (κ1) is 16.9. The van der Waals surface area contributed by atoms with Crippen molar-refractivity contribution in [1.82, 2.24) is 9.21 Å². The number of carboxylic acid groups (broad SMARTS) is 1. The van der Waals surface area contributed by atoms with E-state index in [4.69, 9.17) is 9.84 Å². The summed E-state index contributed by atoms with van der Waals surface area (Å²) in [5, 5.41) is 8.75. The minimum Gasteiger partial charge on any atom is -0.480 e. The highest BCUT2D eigenvalue weighted by molar-refractivity contribution is 7.89. The van der Waals surface area contributed by atoms with Crippen molar-refractivity contribution in [2.45, 2.75) is 12.8 Å². The summed E-state index contributed by atoms with van der Waals surface area (Å²) in [7, 11) is -1.77. The van der Waals surface area contributed by atoms with Crippen molar-refractivity contribution in [3.8, 4) is 0 Å². The quantitative estimate of drug-likeness (QED) is 0.615. The van der Waals surface area contributed by atoms with Crippen LogP contribution in [-0.2, 0) is 24.3 Å². The molecule has 1 rings (SSSR count).